The monoisotopic (exact) mass is 354 g/mol. The number of carbonyl (C=O) groups is 1. The first-order chi connectivity index (χ1) is 12.4. The molecule has 2 aromatic rings. The van der Waals surface area contributed by atoms with Crippen LogP contribution in [0.2, 0.25) is 0 Å². The van der Waals surface area contributed by atoms with E-state index in [1.54, 1.807) is 18.2 Å². The van der Waals surface area contributed by atoms with Crippen molar-refractivity contribution in [2.45, 2.75) is 6.04 Å². The van der Waals surface area contributed by atoms with E-state index in [4.69, 9.17) is 6.42 Å². The minimum atomic E-state index is -0.577. The highest BCUT2D eigenvalue weighted by atomic mass is 19.1. The van der Waals surface area contributed by atoms with Gasteiger partial charge >= 0.3 is 6.03 Å². The number of benzene rings is 2. The lowest BCUT2D eigenvalue weighted by Crippen LogP contribution is -2.39. The molecule has 2 aromatic carbocycles. The molecule has 0 aliphatic carbocycles. The van der Waals surface area contributed by atoms with E-state index in [2.05, 4.69) is 6.04 Å². The SMILES string of the molecule is C#CN(C)C(=O)N1CC(c2cc(F)ccc2F)=CC1c1cccc(O)c1. The largest absolute Gasteiger partial charge is 0.508 e. The molecule has 1 aliphatic heterocycles. The van der Waals surface area contributed by atoms with E-state index in [-0.39, 0.29) is 17.9 Å². The highest BCUT2D eigenvalue weighted by Gasteiger charge is 2.33. The van der Waals surface area contributed by atoms with Gasteiger partial charge in [0, 0.05) is 25.2 Å². The molecule has 0 saturated carbocycles. The van der Waals surface area contributed by atoms with Gasteiger partial charge < -0.3 is 10.0 Å². The molecule has 0 radical (unpaired) electrons. The van der Waals surface area contributed by atoms with E-state index in [1.165, 1.54) is 24.1 Å². The third kappa shape index (κ3) is 3.24. The standard InChI is InChI=1S/C20H16F2N2O2/c1-3-23(2)20(26)24-12-14(17-11-15(21)7-8-18(17)22)10-19(24)13-5-4-6-16(25)9-13/h1,4-11,19,25H,12H2,2H3. The molecule has 1 N–H and O–H groups in total. The molecule has 0 saturated heterocycles. The first-order valence-electron chi connectivity index (χ1n) is 7.86. The van der Waals surface area contributed by atoms with Crippen molar-refractivity contribution < 1.29 is 18.7 Å². The molecule has 0 spiro atoms. The van der Waals surface area contributed by atoms with Crippen LogP contribution in [0.1, 0.15) is 17.2 Å². The summed E-state index contributed by atoms with van der Waals surface area (Å²) in [5.74, 6) is -1.10. The number of terminal acetylenes is 1. The van der Waals surface area contributed by atoms with Crippen molar-refractivity contribution >= 4 is 11.6 Å². The Morgan fingerprint density at radius 3 is 2.77 bits per heavy atom. The van der Waals surface area contributed by atoms with Crippen molar-refractivity contribution in [1.29, 1.82) is 0 Å². The molecule has 0 bridgehead atoms. The van der Waals surface area contributed by atoms with Crippen LogP contribution in [-0.2, 0) is 0 Å². The number of amides is 2. The number of phenolic OH excluding ortho intramolecular Hbond substituents is 1. The molecule has 0 aromatic heterocycles. The number of carbonyl (C=O) groups excluding carboxylic acids is 1. The average Bonchev–Trinajstić information content (AvgIpc) is 3.07. The van der Waals surface area contributed by atoms with Gasteiger partial charge in [0.05, 0.1) is 6.04 Å². The van der Waals surface area contributed by atoms with Crippen molar-refractivity contribution in [3.63, 3.8) is 0 Å². The first-order valence-corrected chi connectivity index (χ1v) is 7.86. The highest BCUT2D eigenvalue weighted by molar-refractivity contribution is 5.83. The van der Waals surface area contributed by atoms with Gasteiger partial charge in [0.25, 0.3) is 0 Å². The second-order valence-electron chi connectivity index (χ2n) is 5.95. The molecule has 2 amide bonds. The predicted octanol–water partition coefficient (Wildman–Crippen LogP) is 3.75. The quantitative estimate of drug-likeness (QED) is 0.659. The summed E-state index contributed by atoms with van der Waals surface area (Å²) in [5, 5.41) is 9.74. The summed E-state index contributed by atoms with van der Waals surface area (Å²) in [4.78, 5) is 15.1. The van der Waals surface area contributed by atoms with Crippen molar-refractivity contribution in [2.24, 2.45) is 0 Å². The first kappa shape index (κ1) is 17.5. The Labute approximate surface area is 150 Å². The van der Waals surface area contributed by atoms with Gasteiger partial charge in [0.1, 0.15) is 17.4 Å². The molecule has 1 aliphatic rings. The maximum absolute atomic E-state index is 14.2. The van der Waals surface area contributed by atoms with Crippen LogP contribution in [0, 0.1) is 24.1 Å². The summed E-state index contributed by atoms with van der Waals surface area (Å²) in [5.41, 5.74) is 1.19. The van der Waals surface area contributed by atoms with Crippen LogP contribution in [0.4, 0.5) is 13.6 Å². The van der Waals surface area contributed by atoms with E-state index < -0.39 is 23.7 Å². The van der Waals surface area contributed by atoms with E-state index in [0.29, 0.717) is 11.1 Å². The number of aromatic hydroxyl groups is 1. The topological polar surface area (TPSA) is 43.8 Å². The molecule has 1 unspecified atom stereocenters. The molecule has 0 fully saturated rings. The lowest BCUT2D eigenvalue weighted by molar-refractivity contribution is 0.178. The van der Waals surface area contributed by atoms with Crippen LogP contribution in [0.5, 0.6) is 5.75 Å². The molecule has 3 rings (SSSR count). The van der Waals surface area contributed by atoms with Crippen molar-refractivity contribution in [3.8, 4) is 18.2 Å². The lowest BCUT2D eigenvalue weighted by atomic mass is 10.0. The Kier molecular flexibility index (Phi) is 4.63. The van der Waals surface area contributed by atoms with E-state index >= 15 is 0 Å². The van der Waals surface area contributed by atoms with Gasteiger partial charge in [-0.1, -0.05) is 24.6 Å². The number of phenols is 1. The predicted molar refractivity (Wildman–Crippen MR) is 93.9 cm³/mol. The molecule has 1 atom stereocenters. The van der Waals surface area contributed by atoms with Crippen molar-refractivity contribution in [2.75, 3.05) is 13.6 Å². The lowest BCUT2D eigenvalue weighted by Gasteiger charge is -2.27. The maximum Gasteiger partial charge on any atom is 0.332 e. The smallest absolute Gasteiger partial charge is 0.332 e. The number of hydrogen-bond acceptors (Lipinski definition) is 2. The third-order valence-electron chi connectivity index (χ3n) is 4.25. The minimum Gasteiger partial charge on any atom is -0.508 e. The summed E-state index contributed by atoms with van der Waals surface area (Å²) < 4.78 is 27.7. The van der Waals surface area contributed by atoms with Crippen LogP contribution in [0.25, 0.3) is 5.57 Å². The van der Waals surface area contributed by atoms with Gasteiger partial charge in [-0.05, 0) is 41.5 Å². The molecular weight excluding hydrogens is 338 g/mol. The van der Waals surface area contributed by atoms with E-state index in [0.717, 1.165) is 23.1 Å². The number of nitrogens with zero attached hydrogens (tertiary/aromatic N) is 2. The molecule has 1 heterocycles. The number of rotatable bonds is 2. The van der Waals surface area contributed by atoms with Gasteiger partial charge in [-0.15, -0.1) is 0 Å². The van der Waals surface area contributed by atoms with Crippen LogP contribution >= 0.6 is 0 Å². The second kappa shape index (κ2) is 6.89. The van der Waals surface area contributed by atoms with E-state index in [1.807, 2.05) is 0 Å². The highest BCUT2D eigenvalue weighted by Crippen LogP contribution is 2.37. The van der Waals surface area contributed by atoms with Crippen LogP contribution in [-0.4, -0.2) is 34.5 Å². The summed E-state index contributed by atoms with van der Waals surface area (Å²) in [6.07, 6.45) is 6.98. The Morgan fingerprint density at radius 2 is 2.08 bits per heavy atom. The van der Waals surface area contributed by atoms with E-state index in [9.17, 15) is 18.7 Å². The van der Waals surface area contributed by atoms with Gasteiger partial charge in [0.2, 0.25) is 0 Å². The molecular formula is C20H16F2N2O2. The second-order valence-corrected chi connectivity index (χ2v) is 5.95. The Bertz CT molecular complexity index is 934. The van der Waals surface area contributed by atoms with Gasteiger partial charge in [0.15, 0.2) is 0 Å². The van der Waals surface area contributed by atoms with Crippen LogP contribution in [0.15, 0.2) is 48.5 Å². The molecule has 26 heavy (non-hydrogen) atoms. The Hall–Kier alpha value is -3.33. The average molecular weight is 354 g/mol. The molecule has 4 nitrogen and oxygen atoms in total. The van der Waals surface area contributed by atoms with Gasteiger partial charge in [-0.3, -0.25) is 4.90 Å². The fraction of sp³-hybridized carbons (Fsp3) is 0.150. The number of urea groups is 1. The summed E-state index contributed by atoms with van der Waals surface area (Å²) in [7, 11) is 1.45. The van der Waals surface area contributed by atoms with Gasteiger partial charge in [-0.25, -0.2) is 13.6 Å². The summed E-state index contributed by atoms with van der Waals surface area (Å²) in [6.45, 7) is 0.0611. The third-order valence-corrected chi connectivity index (χ3v) is 4.25. The number of halogens is 2. The fourth-order valence-corrected chi connectivity index (χ4v) is 2.95. The molecule has 6 heteroatoms. The van der Waals surface area contributed by atoms with Gasteiger partial charge in [-0.2, -0.15) is 0 Å². The number of hydrogen-bond donors (Lipinski definition) is 1. The maximum atomic E-state index is 14.2. The van der Waals surface area contributed by atoms with Crippen molar-refractivity contribution in [1.82, 2.24) is 9.80 Å². The van der Waals surface area contributed by atoms with Crippen LogP contribution in [0.3, 0.4) is 0 Å². The summed E-state index contributed by atoms with van der Waals surface area (Å²) in [6, 6.07) is 10.8. The minimum absolute atomic E-state index is 0.0407. The normalized spacial score (nSPS) is 16.2. The Balaban J connectivity index is 2.06. The molecule has 132 valence electrons. The zero-order chi connectivity index (χ0) is 18.8. The Morgan fingerprint density at radius 1 is 1.31 bits per heavy atom. The fourth-order valence-electron chi connectivity index (χ4n) is 2.95. The van der Waals surface area contributed by atoms with Crippen LogP contribution < -0.4 is 0 Å². The van der Waals surface area contributed by atoms with Crippen molar-refractivity contribution in [3.05, 3.63) is 71.3 Å². The zero-order valence-electron chi connectivity index (χ0n) is 14.0. The zero-order valence-corrected chi connectivity index (χ0v) is 14.0. The summed E-state index contributed by atoms with van der Waals surface area (Å²) >= 11 is 0.